The number of hydrogen-bond donors (Lipinski definition) is 1. The molecule has 0 aliphatic rings. The average Bonchev–Trinajstić information content (AvgIpc) is 2.00. The van der Waals surface area contributed by atoms with Gasteiger partial charge in [-0.3, -0.25) is 4.98 Å². The molecule has 72 valence electrons. The Morgan fingerprint density at radius 3 is 2.62 bits per heavy atom. The van der Waals surface area contributed by atoms with Gasteiger partial charge in [0.1, 0.15) is 5.82 Å². The van der Waals surface area contributed by atoms with Gasteiger partial charge in [-0.1, -0.05) is 20.8 Å². The predicted molar refractivity (Wildman–Crippen MR) is 51.4 cm³/mol. The molecule has 0 unspecified atom stereocenters. The molecule has 1 rings (SSSR count). The Morgan fingerprint density at radius 2 is 2.08 bits per heavy atom. The van der Waals surface area contributed by atoms with Crippen LogP contribution in [0.15, 0.2) is 12.4 Å². The summed E-state index contributed by atoms with van der Waals surface area (Å²) in [6.07, 6.45) is 3.05. The molecule has 4 nitrogen and oxygen atoms in total. The van der Waals surface area contributed by atoms with Gasteiger partial charge in [-0.25, -0.2) is 0 Å². The first-order valence-corrected chi connectivity index (χ1v) is 4.18. The van der Waals surface area contributed by atoms with Crippen molar-refractivity contribution in [1.29, 1.82) is 0 Å². The Labute approximate surface area is 78.1 Å². The Balaban J connectivity index is 2.55. The molecule has 0 aliphatic carbocycles. The van der Waals surface area contributed by atoms with Crippen LogP contribution in [0.4, 0.5) is 5.82 Å². The van der Waals surface area contributed by atoms with Gasteiger partial charge < -0.3 is 10.5 Å². The molecule has 2 N–H and O–H groups in total. The third-order valence-electron chi connectivity index (χ3n) is 1.28. The Bertz CT molecular complexity index is 280. The summed E-state index contributed by atoms with van der Waals surface area (Å²) in [4.78, 5) is 7.84. The van der Waals surface area contributed by atoms with Crippen LogP contribution in [0, 0.1) is 5.41 Å². The number of nitrogen functional groups attached to an aromatic ring is 1. The van der Waals surface area contributed by atoms with E-state index in [9.17, 15) is 0 Å². The first kappa shape index (κ1) is 9.77. The first-order chi connectivity index (χ1) is 5.97. The number of hydrogen-bond acceptors (Lipinski definition) is 4. The highest BCUT2D eigenvalue weighted by atomic mass is 16.5. The van der Waals surface area contributed by atoms with Gasteiger partial charge in [0.25, 0.3) is 0 Å². The number of nitrogens with zero attached hydrogens (tertiary/aromatic N) is 2. The van der Waals surface area contributed by atoms with Crippen LogP contribution in [-0.2, 0) is 0 Å². The van der Waals surface area contributed by atoms with Gasteiger partial charge in [0.15, 0.2) is 0 Å². The fraction of sp³-hybridized carbons (Fsp3) is 0.556. The van der Waals surface area contributed by atoms with E-state index in [-0.39, 0.29) is 5.41 Å². The summed E-state index contributed by atoms with van der Waals surface area (Å²) in [5, 5.41) is 0. The molecule has 0 bridgehead atoms. The van der Waals surface area contributed by atoms with Crippen molar-refractivity contribution in [2.24, 2.45) is 5.41 Å². The number of rotatable bonds is 2. The van der Waals surface area contributed by atoms with E-state index in [4.69, 9.17) is 10.5 Å². The minimum absolute atomic E-state index is 0.117. The SMILES string of the molecule is CC(C)(C)COc1cncc(N)n1. The number of anilines is 1. The zero-order valence-electron chi connectivity index (χ0n) is 8.24. The van der Waals surface area contributed by atoms with E-state index in [0.29, 0.717) is 18.3 Å². The maximum Gasteiger partial charge on any atom is 0.234 e. The lowest BCUT2D eigenvalue weighted by atomic mass is 9.99. The van der Waals surface area contributed by atoms with Crippen LogP contribution >= 0.6 is 0 Å². The summed E-state index contributed by atoms with van der Waals surface area (Å²) in [5.41, 5.74) is 5.56. The molecular weight excluding hydrogens is 166 g/mol. The summed E-state index contributed by atoms with van der Waals surface area (Å²) < 4.78 is 5.40. The monoisotopic (exact) mass is 181 g/mol. The summed E-state index contributed by atoms with van der Waals surface area (Å²) in [6, 6.07) is 0. The van der Waals surface area contributed by atoms with Crippen LogP contribution in [0.1, 0.15) is 20.8 Å². The topological polar surface area (TPSA) is 61.0 Å². The maximum atomic E-state index is 5.44. The zero-order chi connectivity index (χ0) is 9.90. The highest BCUT2D eigenvalue weighted by Gasteiger charge is 2.11. The molecule has 0 fully saturated rings. The van der Waals surface area contributed by atoms with Crippen molar-refractivity contribution in [3.05, 3.63) is 12.4 Å². The lowest BCUT2D eigenvalue weighted by molar-refractivity contribution is 0.191. The molecule has 0 atom stereocenters. The van der Waals surface area contributed by atoms with Gasteiger partial charge in [-0.15, -0.1) is 0 Å². The maximum absolute atomic E-state index is 5.44. The minimum Gasteiger partial charge on any atom is -0.476 e. The molecule has 0 radical (unpaired) electrons. The smallest absolute Gasteiger partial charge is 0.234 e. The van der Waals surface area contributed by atoms with Gasteiger partial charge in [0.2, 0.25) is 5.88 Å². The van der Waals surface area contributed by atoms with Gasteiger partial charge in [-0.05, 0) is 5.41 Å². The average molecular weight is 181 g/mol. The Morgan fingerprint density at radius 1 is 1.38 bits per heavy atom. The molecule has 0 aliphatic heterocycles. The van der Waals surface area contributed by atoms with Gasteiger partial charge >= 0.3 is 0 Å². The van der Waals surface area contributed by atoms with Gasteiger partial charge in [0, 0.05) is 0 Å². The van der Waals surface area contributed by atoms with Gasteiger partial charge in [-0.2, -0.15) is 4.98 Å². The molecule has 0 saturated carbocycles. The van der Waals surface area contributed by atoms with Crippen LogP contribution < -0.4 is 10.5 Å². The molecule has 13 heavy (non-hydrogen) atoms. The van der Waals surface area contributed by atoms with Crippen molar-refractivity contribution in [3.63, 3.8) is 0 Å². The normalized spacial score (nSPS) is 11.3. The number of ether oxygens (including phenoxy) is 1. The molecule has 0 aromatic carbocycles. The lowest BCUT2D eigenvalue weighted by Crippen LogP contribution is -2.17. The third-order valence-corrected chi connectivity index (χ3v) is 1.28. The molecule has 1 aromatic heterocycles. The lowest BCUT2D eigenvalue weighted by Gasteiger charge is -2.17. The van der Waals surface area contributed by atoms with E-state index in [1.165, 1.54) is 6.20 Å². The second-order valence-electron chi connectivity index (χ2n) is 4.13. The number of nitrogens with two attached hydrogens (primary N) is 1. The molecule has 4 heteroatoms. The quantitative estimate of drug-likeness (QED) is 0.750. The predicted octanol–water partition coefficient (Wildman–Crippen LogP) is 1.48. The molecule has 0 amide bonds. The Kier molecular flexibility index (Phi) is 2.70. The van der Waals surface area contributed by atoms with Crippen molar-refractivity contribution in [2.75, 3.05) is 12.3 Å². The molecule has 1 heterocycles. The third kappa shape index (κ3) is 3.73. The summed E-state index contributed by atoms with van der Waals surface area (Å²) in [7, 11) is 0. The van der Waals surface area contributed by atoms with E-state index in [1.54, 1.807) is 6.20 Å². The first-order valence-electron chi connectivity index (χ1n) is 4.18. The fourth-order valence-electron chi connectivity index (χ4n) is 0.722. The highest BCUT2D eigenvalue weighted by Crippen LogP contribution is 2.15. The Hall–Kier alpha value is -1.32. The van der Waals surface area contributed by atoms with Gasteiger partial charge in [0.05, 0.1) is 19.0 Å². The second-order valence-corrected chi connectivity index (χ2v) is 4.13. The second kappa shape index (κ2) is 3.60. The van der Waals surface area contributed by atoms with Crippen LogP contribution in [0.3, 0.4) is 0 Å². The van der Waals surface area contributed by atoms with Crippen LogP contribution in [-0.4, -0.2) is 16.6 Å². The summed E-state index contributed by atoms with van der Waals surface area (Å²) >= 11 is 0. The number of aromatic nitrogens is 2. The van der Waals surface area contributed by atoms with Crippen molar-refractivity contribution < 1.29 is 4.74 Å². The van der Waals surface area contributed by atoms with E-state index in [2.05, 4.69) is 30.7 Å². The van der Waals surface area contributed by atoms with Crippen molar-refractivity contribution in [1.82, 2.24) is 9.97 Å². The van der Waals surface area contributed by atoms with Crippen LogP contribution in [0.2, 0.25) is 0 Å². The summed E-state index contributed by atoms with van der Waals surface area (Å²) in [6.45, 7) is 6.87. The van der Waals surface area contributed by atoms with Crippen LogP contribution in [0.5, 0.6) is 5.88 Å². The van der Waals surface area contributed by atoms with Crippen LogP contribution in [0.25, 0.3) is 0 Å². The standard InChI is InChI=1S/C9H15N3O/c1-9(2,3)6-13-8-5-11-4-7(10)12-8/h4-5H,6H2,1-3H3,(H2,10,12). The molecular formula is C9H15N3O. The molecule has 0 spiro atoms. The fourth-order valence-corrected chi connectivity index (χ4v) is 0.722. The van der Waals surface area contributed by atoms with Crippen molar-refractivity contribution >= 4 is 5.82 Å². The van der Waals surface area contributed by atoms with E-state index in [0.717, 1.165) is 0 Å². The zero-order valence-corrected chi connectivity index (χ0v) is 8.24. The van der Waals surface area contributed by atoms with Crippen molar-refractivity contribution in [2.45, 2.75) is 20.8 Å². The van der Waals surface area contributed by atoms with E-state index in [1.807, 2.05) is 0 Å². The van der Waals surface area contributed by atoms with E-state index >= 15 is 0 Å². The molecule has 1 aromatic rings. The largest absolute Gasteiger partial charge is 0.476 e. The highest BCUT2D eigenvalue weighted by molar-refractivity contribution is 5.25. The molecule has 0 saturated heterocycles. The minimum atomic E-state index is 0.117. The summed E-state index contributed by atoms with van der Waals surface area (Å²) in [5.74, 6) is 0.862. The van der Waals surface area contributed by atoms with Crippen molar-refractivity contribution in [3.8, 4) is 5.88 Å². The van der Waals surface area contributed by atoms with E-state index < -0.39 is 0 Å².